The van der Waals surface area contributed by atoms with Crippen LogP contribution in [0.15, 0.2) is 42.5 Å². The number of aryl methyl sites for hydroxylation is 2. The van der Waals surface area contributed by atoms with Crippen molar-refractivity contribution in [3.63, 3.8) is 0 Å². The second-order valence-corrected chi connectivity index (χ2v) is 5.95. The molecule has 0 amide bonds. The lowest BCUT2D eigenvalue weighted by Gasteiger charge is -2.09. The lowest BCUT2D eigenvalue weighted by Crippen LogP contribution is -2.01. The van der Waals surface area contributed by atoms with Gasteiger partial charge in [0.15, 0.2) is 0 Å². The molecule has 1 nitrogen and oxygen atoms in total. The van der Waals surface area contributed by atoms with Gasteiger partial charge in [0.25, 0.3) is 0 Å². The van der Waals surface area contributed by atoms with Crippen LogP contribution in [0, 0.1) is 3.57 Å². The fourth-order valence-electron chi connectivity index (χ4n) is 2.54. The van der Waals surface area contributed by atoms with Crippen molar-refractivity contribution < 1.29 is 0 Å². The maximum Gasteiger partial charge on any atom is 0.0478 e. The molecule has 2 aromatic rings. The second kappa shape index (κ2) is 5.31. The van der Waals surface area contributed by atoms with Crippen LogP contribution in [0.4, 0.5) is 5.69 Å². The van der Waals surface area contributed by atoms with E-state index in [-0.39, 0.29) is 0 Å². The number of nitrogens with one attached hydrogen (secondary N) is 1. The summed E-state index contributed by atoms with van der Waals surface area (Å²) in [6.07, 6.45) is 3.84. The highest BCUT2D eigenvalue weighted by molar-refractivity contribution is 14.1. The first-order valence-corrected chi connectivity index (χ1v) is 7.50. The molecule has 0 aromatic heterocycles. The highest BCUT2D eigenvalue weighted by atomic mass is 127. The number of anilines is 1. The van der Waals surface area contributed by atoms with E-state index < -0.39 is 0 Å². The maximum atomic E-state index is 3.51. The molecule has 0 radical (unpaired) electrons. The van der Waals surface area contributed by atoms with Crippen LogP contribution >= 0.6 is 22.6 Å². The first kappa shape index (κ1) is 12.0. The smallest absolute Gasteiger partial charge is 0.0478 e. The standard InChI is InChI=1S/C16H16IN/c17-15-6-1-2-7-16(15)18-11-12-8-9-13-4-3-5-14(13)10-12/h1-2,6-10,18H,3-5,11H2. The van der Waals surface area contributed by atoms with E-state index in [1.807, 2.05) is 0 Å². The molecule has 1 aliphatic rings. The summed E-state index contributed by atoms with van der Waals surface area (Å²) < 4.78 is 1.27. The number of rotatable bonds is 3. The predicted molar refractivity (Wildman–Crippen MR) is 85.0 cm³/mol. The Kier molecular flexibility index (Phi) is 3.55. The molecular formula is C16H16IN. The molecular weight excluding hydrogens is 333 g/mol. The van der Waals surface area contributed by atoms with Crippen LogP contribution in [0.25, 0.3) is 0 Å². The number of hydrogen-bond donors (Lipinski definition) is 1. The number of hydrogen-bond acceptors (Lipinski definition) is 1. The van der Waals surface area contributed by atoms with Crippen molar-refractivity contribution in [3.8, 4) is 0 Å². The van der Waals surface area contributed by atoms with Gasteiger partial charge in [-0.1, -0.05) is 30.3 Å². The third-order valence-corrected chi connectivity index (χ3v) is 4.46. The first-order valence-electron chi connectivity index (χ1n) is 6.42. The van der Waals surface area contributed by atoms with Gasteiger partial charge in [-0.2, -0.15) is 0 Å². The highest BCUT2D eigenvalue weighted by Gasteiger charge is 2.10. The summed E-state index contributed by atoms with van der Waals surface area (Å²) in [7, 11) is 0. The molecule has 0 atom stereocenters. The van der Waals surface area contributed by atoms with Gasteiger partial charge in [-0.25, -0.2) is 0 Å². The summed E-state index contributed by atoms with van der Waals surface area (Å²) in [6, 6.07) is 15.3. The molecule has 1 N–H and O–H groups in total. The minimum atomic E-state index is 0.910. The Morgan fingerprint density at radius 1 is 1.00 bits per heavy atom. The van der Waals surface area contributed by atoms with Gasteiger partial charge in [-0.15, -0.1) is 0 Å². The summed E-state index contributed by atoms with van der Waals surface area (Å²) in [5, 5.41) is 3.51. The molecule has 92 valence electrons. The van der Waals surface area contributed by atoms with Gasteiger partial charge in [0, 0.05) is 15.8 Å². The molecule has 0 heterocycles. The normalized spacial score (nSPS) is 13.4. The highest BCUT2D eigenvalue weighted by Crippen LogP contribution is 2.24. The van der Waals surface area contributed by atoms with Crippen LogP contribution in [0.2, 0.25) is 0 Å². The summed E-state index contributed by atoms with van der Waals surface area (Å²) in [4.78, 5) is 0. The van der Waals surface area contributed by atoms with E-state index in [9.17, 15) is 0 Å². The SMILES string of the molecule is Ic1ccccc1NCc1ccc2c(c1)CCC2. The minimum absolute atomic E-state index is 0.910. The Balaban J connectivity index is 1.72. The van der Waals surface area contributed by atoms with Gasteiger partial charge in [0.2, 0.25) is 0 Å². The van der Waals surface area contributed by atoms with E-state index in [0.717, 1.165) is 6.54 Å². The van der Waals surface area contributed by atoms with Crippen LogP contribution in [0.1, 0.15) is 23.1 Å². The van der Waals surface area contributed by atoms with E-state index in [2.05, 4.69) is 70.4 Å². The molecule has 0 saturated carbocycles. The summed E-state index contributed by atoms with van der Waals surface area (Å²) in [5.41, 5.74) is 5.71. The molecule has 0 spiro atoms. The fourth-order valence-corrected chi connectivity index (χ4v) is 3.12. The van der Waals surface area contributed by atoms with E-state index in [1.165, 1.54) is 34.1 Å². The molecule has 18 heavy (non-hydrogen) atoms. The van der Waals surface area contributed by atoms with Gasteiger partial charge >= 0.3 is 0 Å². The topological polar surface area (TPSA) is 12.0 Å². The van der Waals surface area contributed by atoms with Crippen LogP contribution < -0.4 is 5.32 Å². The predicted octanol–water partition coefficient (Wildman–Crippen LogP) is 4.39. The second-order valence-electron chi connectivity index (χ2n) is 4.79. The largest absolute Gasteiger partial charge is 0.380 e. The third kappa shape index (κ3) is 2.53. The van der Waals surface area contributed by atoms with Crippen LogP contribution in [0.3, 0.4) is 0 Å². The van der Waals surface area contributed by atoms with Gasteiger partial charge < -0.3 is 5.32 Å². The summed E-state index contributed by atoms with van der Waals surface area (Å²) >= 11 is 2.37. The van der Waals surface area contributed by atoms with Crippen LogP contribution in [0.5, 0.6) is 0 Å². The average Bonchev–Trinajstić information content (AvgIpc) is 2.85. The average molecular weight is 349 g/mol. The van der Waals surface area contributed by atoms with Gasteiger partial charge in [0.05, 0.1) is 0 Å². The van der Waals surface area contributed by atoms with Crippen molar-refractivity contribution in [2.45, 2.75) is 25.8 Å². The molecule has 0 saturated heterocycles. The van der Waals surface area contributed by atoms with Crippen molar-refractivity contribution in [2.24, 2.45) is 0 Å². The molecule has 1 aliphatic carbocycles. The Hall–Kier alpha value is -1.03. The molecule has 2 heteroatoms. The number of fused-ring (bicyclic) bond motifs is 1. The Morgan fingerprint density at radius 2 is 1.83 bits per heavy atom. The van der Waals surface area contributed by atoms with Crippen LogP contribution in [-0.2, 0) is 19.4 Å². The minimum Gasteiger partial charge on any atom is -0.380 e. The number of halogens is 1. The van der Waals surface area contributed by atoms with E-state index in [1.54, 1.807) is 11.1 Å². The monoisotopic (exact) mass is 349 g/mol. The Labute approximate surface area is 122 Å². The lowest BCUT2D eigenvalue weighted by molar-refractivity contribution is 0.911. The zero-order chi connectivity index (χ0) is 12.4. The number of benzene rings is 2. The van der Waals surface area contributed by atoms with Crippen LogP contribution in [-0.4, -0.2) is 0 Å². The Bertz CT molecular complexity index is 563. The molecule has 3 rings (SSSR count). The molecule has 0 unspecified atom stereocenters. The summed E-state index contributed by atoms with van der Waals surface area (Å²) in [6.45, 7) is 0.910. The van der Waals surface area contributed by atoms with E-state index >= 15 is 0 Å². The van der Waals surface area contributed by atoms with Crippen molar-refractivity contribution >= 4 is 28.3 Å². The summed E-state index contributed by atoms with van der Waals surface area (Å²) in [5.74, 6) is 0. The van der Waals surface area contributed by atoms with Crippen molar-refractivity contribution in [3.05, 3.63) is 62.7 Å². The zero-order valence-corrected chi connectivity index (χ0v) is 12.4. The van der Waals surface area contributed by atoms with E-state index in [4.69, 9.17) is 0 Å². The van der Waals surface area contributed by atoms with Gasteiger partial charge in [0.1, 0.15) is 0 Å². The van der Waals surface area contributed by atoms with E-state index in [0.29, 0.717) is 0 Å². The maximum absolute atomic E-state index is 3.51. The molecule has 0 bridgehead atoms. The zero-order valence-electron chi connectivity index (χ0n) is 10.2. The van der Waals surface area contributed by atoms with Gasteiger partial charge in [-0.05, 0) is 70.7 Å². The van der Waals surface area contributed by atoms with Gasteiger partial charge in [-0.3, -0.25) is 0 Å². The van der Waals surface area contributed by atoms with Crippen molar-refractivity contribution in [1.82, 2.24) is 0 Å². The lowest BCUT2D eigenvalue weighted by atomic mass is 10.1. The molecule has 2 aromatic carbocycles. The van der Waals surface area contributed by atoms with Crippen molar-refractivity contribution in [2.75, 3.05) is 5.32 Å². The molecule has 0 fully saturated rings. The quantitative estimate of drug-likeness (QED) is 0.811. The van der Waals surface area contributed by atoms with Crippen molar-refractivity contribution in [1.29, 1.82) is 0 Å². The Morgan fingerprint density at radius 3 is 2.72 bits per heavy atom. The molecule has 0 aliphatic heterocycles. The fraction of sp³-hybridized carbons (Fsp3) is 0.250. The third-order valence-electron chi connectivity index (χ3n) is 3.52. The first-order chi connectivity index (χ1) is 8.83. The number of para-hydroxylation sites is 1.